The van der Waals surface area contributed by atoms with Gasteiger partial charge < -0.3 is 0 Å². The van der Waals surface area contributed by atoms with E-state index in [2.05, 4.69) is 15.9 Å². The summed E-state index contributed by atoms with van der Waals surface area (Å²) in [6.07, 6.45) is 0. The van der Waals surface area contributed by atoms with Gasteiger partial charge in [-0.1, -0.05) is 6.92 Å². The number of hydrogen-bond acceptors (Lipinski definition) is 2. The Labute approximate surface area is 49.1 Å². The van der Waals surface area contributed by atoms with Crippen molar-refractivity contribution in [1.29, 1.82) is 0 Å². The molecule has 0 radical (unpaired) electrons. The van der Waals surface area contributed by atoms with Gasteiger partial charge in [0.25, 0.3) is 0 Å². The molecule has 0 bridgehead atoms. The minimum atomic E-state index is -2.07. The lowest BCUT2D eigenvalue weighted by molar-refractivity contribution is 0.677. The molecular formula is C3H9NOS2. The second-order valence-corrected chi connectivity index (χ2v) is 4.94. The Bertz CT molecular complexity index is 116. The fraction of sp³-hybridized carbons (Fsp3) is 1.00. The summed E-state index contributed by atoms with van der Waals surface area (Å²) in [6.45, 7) is 1.80. The Balaban J connectivity index is 3.89. The Morgan fingerprint density at radius 3 is 2.29 bits per heavy atom. The molecule has 7 heavy (non-hydrogen) atoms. The van der Waals surface area contributed by atoms with Gasteiger partial charge in [-0.15, -0.1) is 0 Å². The van der Waals surface area contributed by atoms with Gasteiger partial charge in [-0.3, -0.25) is 0 Å². The quantitative estimate of drug-likeness (QED) is 0.578. The van der Waals surface area contributed by atoms with Crippen LogP contribution in [0, 0.1) is 0 Å². The smallest absolute Gasteiger partial charge is 0.0891 e. The molecule has 0 spiro atoms. The van der Waals surface area contributed by atoms with E-state index < -0.39 is 8.68 Å². The van der Waals surface area contributed by atoms with Gasteiger partial charge in [0, 0.05) is 5.75 Å². The van der Waals surface area contributed by atoms with Crippen LogP contribution in [0.4, 0.5) is 0 Å². The maximum absolute atomic E-state index is 10.6. The molecule has 2 nitrogen and oxygen atoms in total. The summed E-state index contributed by atoms with van der Waals surface area (Å²) in [5, 5.41) is 0. The maximum Gasteiger partial charge on any atom is 0.0891 e. The molecule has 0 aliphatic heterocycles. The van der Waals surface area contributed by atoms with Crippen LogP contribution < -0.4 is 4.72 Å². The molecule has 1 unspecified atom stereocenters. The number of rotatable bonds is 2. The van der Waals surface area contributed by atoms with E-state index in [9.17, 15) is 4.21 Å². The highest BCUT2D eigenvalue weighted by Gasteiger charge is 1.92. The molecule has 1 N–H and O–H groups in total. The van der Waals surface area contributed by atoms with Gasteiger partial charge >= 0.3 is 0 Å². The molecule has 0 aromatic heterocycles. The molecule has 0 heterocycles. The monoisotopic (exact) mass is 139 g/mol. The van der Waals surface area contributed by atoms with Crippen molar-refractivity contribution in [1.82, 2.24) is 4.72 Å². The van der Waals surface area contributed by atoms with Crippen molar-refractivity contribution >= 4 is 19.9 Å². The van der Waals surface area contributed by atoms with Crippen LogP contribution in [0.1, 0.15) is 6.92 Å². The summed E-state index contributed by atoms with van der Waals surface area (Å²) >= 11 is 4.56. The highest BCUT2D eigenvalue weighted by atomic mass is 32.8. The van der Waals surface area contributed by atoms with Crippen molar-refractivity contribution in [3.05, 3.63) is 0 Å². The standard InChI is InChI=1S/C3H9NOS2/c1-3-7(5,6)4-2/h4H,3H2,1-2H3. The van der Waals surface area contributed by atoms with Gasteiger partial charge in [-0.2, -0.15) is 0 Å². The van der Waals surface area contributed by atoms with E-state index in [0.29, 0.717) is 5.75 Å². The third-order valence-corrected chi connectivity index (χ3v) is 3.28. The molecule has 0 aliphatic rings. The largest absolute Gasteiger partial charge is 0.241 e. The zero-order chi connectivity index (χ0) is 5.91. The van der Waals surface area contributed by atoms with Crippen molar-refractivity contribution in [3.8, 4) is 0 Å². The summed E-state index contributed by atoms with van der Waals surface area (Å²) in [6, 6.07) is 0. The third kappa shape index (κ3) is 2.96. The van der Waals surface area contributed by atoms with Crippen molar-refractivity contribution in [2.24, 2.45) is 0 Å². The van der Waals surface area contributed by atoms with Gasteiger partial charge in [-0.05, 0) is 18.2 Å². The minimum Gasteiger partial charge on any atom is -0.241 e. The van der Waals surface area contributed by atoms with Crippen LogP contribution in [-0.4, -0.2) is 17.0 Å². The maximum atomic E-state index is 10.6. The van der Waals surface area contributed by atoms with E-state index in [1.165, 1.54) is 0 Å². The fourth-order valence-electron chi connectivity index (χ4n) is 0.144. The van der Waals surface area contributed by atoms with E-state index >= 15 is 0 Å². The molecule has 0 saturated heterocycles. The lowest BCUT2D eigenvalue weighted by Crippen LogP contribution is -2.18. The van der Waals surface area contributed by atoms with E-state index in [-0.39, 0.29) is 0 Å². The summed E-state index contributed by atoms with van der Waals surface area (Å²) in [7, 11) is -0.464. The van der Waals surface area contributed by atoms with E-state index in [4.69, 9.17) is 0 Å². The Hall–Kier alpha value is 0.330. The van der Waals surface area contributed by atoms with Crippen LogP contribution in [0.15, 0.2) is 0 Å². The molecule has 1 atom stereocenters. The molecule has 0 rings (SSSR count). The van der Waals surface area contributed by atoms with Gasteiger partial charge in [0.2, 0.25) is 0 Å². The number of nitrogens with one attached hydrogen (secondary N) is 1. The first-order valence-corrected chi connectivity index (χ1v) is 4.69. The van der Waals surface area contributed by atoms with E-state index in [1.54, 1.807) is 14.0 Å². The topological polar surface area (TPSA) is 29.1 Å². The molecule has 4 heteroatoms. The van der Waals surface area contributed by atoms with Crippen LogP contribution in [0.2, 0.25) is 0 Å². The van der Waals surface area contributed by atoms with Crippen LogP contribution >= 0.6 is 0 Å². The van der Waals surface area contributed by atoms with Crippen molar-refractivity contribution < 1.29 is 4.21 Å². The van der Waals surface area contributed by atoms with E-state index in [1.807, 2.05) is 0 Å². The summed E-state index contributed by atoms with van der Waals surface area (Å²) in [5.41, 5.74) is 0. The Morgan fingerprint density at radius 2 is 2.29 bits per heavy atom. The van der Waals surface area contributed by atoms with Crippen molar-refractivity contribution in [2.45, 2.75) is 6.92 Å². The lowest BCUT2D eigenvalue weighted by Gasteiger charge is -1.96. The van der Waals surface area contributed by atoms with Gasteiger partial charge in [0.05, 0.1) is 8.68 Å². The average Bonchev–Trinajstić information content (AvgIpc) is 1.68. The van der Waals surface area contributed by atoms with Crippen molar-refractivity contribution in [2.75, 3.05) is 12.8 Å². The molecule has 44 valence electrons. The summed E-state index contributed by atoms with van der Waals surface area (Å²) in [5.74, 6) is 0.527. The summed E-state index contributed by atoms with van der Waals surface area (Å²) in [4.78, 5) is 0. The zero-order valence-electron chi connectivity index (χ0n) is 4.43. The van der Waals surface area contributed by atoms with Gasteiger partial charge in [0.1, 0.15) is 0 Å². The predicted molar refractivity (Wildman–Crippen MR) is 35.1 cm³/mol. The highest BCUT2D eigenvalue weighted by molar-refractivity contribution is 8.31. The Kier molecular flexibility index (Phi) is 2.71. The van der Waals surface area contributed by atoms with Crippen molar-refractivity contribution in [3.63, 3.8) is 0 Å². The second-order valence-electron chi connectivity index (χ2n) is 1.11. The predicted octanol–water partition coefficient (Wildman–Crippen LogP) is -0.113. The second kappa shape index (κ2) is 2.59. The molecule has 0 amide bonds. The normalized spacial score (nSPS) is 18.6. The zero-order valence-corrected chi connectivity index (χ0v) is 6.06. The third-order valence-electron chi connectivity index (χ3n) is 0.691. The Morgan fingerprint density at radius 1 is 1.86 bits per heavy atom. The van der Waals surface area contributed by atoms with Gasteiger partial charge in [0.15, 0.2) is 0 Å². The molecule has 0 fully saturated rings. The summed E-state index contributed by atoms with van der Waals surface area (Å²) < 4.78 is 13.2. The SMILES string of the molecule is CCS(=O)(=S)NC. The fourth-order valence-corrected chi connectivity index (χ4v) is 0.433. The molecule has 0 aromatic carbocycles. The minimum absolute atomic E-state index is 0.527. The molecule has 0 aliphatic carbocycles. The highest BCUT2D eigenvalue weighted by Crippen LogP contribution is 1.77. The van der Waals surface area contributed by atoms with Gasteiger partial charge in [-0.25, -0.2) is 8.93 Å². The first-order valence-electron chi connectivity index (χ1n) is 2.03. The first kappa shape index (κ1) is 7.33. The van der Waals surface area contributed by atoms with Crippen LogP contribution in [0.5, 0.6) is 0 Å². The average molecular weight is 139 g/mol. The van der Waals surface area contributed by atoms with Crippen LogP contribution in [0.25, 0.3) is 0 Å². The lowest BCUT2D eigenvalue weighted by atomic mass is 11.0. The number of hydrogen-bond donors (Lipinski definition) is 1. The first-order chi connectivity index (χ1) is 3.12. The van der Waals surface area contributed by atoms with E-state index in [0.717, 1.165) is 0 Å². The molecular weight excluding hydrogens is 130 g/mol. The molecule has 0 aromatic rings. The molecule has 0 saturated carbocycles. The van der Waals surface area contributed by atoms with Crippen LogP contribution in [-0.2, 0) is 19.9 Å². The van der Waals surface area contributed by atoms with Crippen LogP contribution in [0.3, 0.4) is 0 Å².